The van der Waals surface area contributed by atoms with Gasteiger partial charge < -0.3 is 9.47 Å². The van der Waals surface area contributed by atoms with Crippen molar-refractivity contribution in [2.75, 3.05) is 13.1 Å². The van der Waals surface area contributed by atoms with E-state index in [1.165, 1.54) is 31.4 Å². The normalized spacial score (nSPS) is 22.1. The Labute approximate surface area is 209 Å². The molecule has 7 nitrogen and oxygen atoms in total. The van der Waals surface area contributed by atoms with Crippen molar-refractivity contribution < 1.29 is 13.2 Å². The van der Waals surface area contributed by atoms with Gasteiger partial charge in [0, 0.05) is 32.0 Å². The van der Waals surface area contributed by atoms with Gasteiger partial charge in [-0.25, -0.2) is 13.4 Å². The smallest absolute Gasteiger partial charge is 0.244 e. The monoisotopic (exact) mass is 532 g/mol. The lowest BCUT2D eigenvalue weighted by Gasteiger charge is -2.42. The van der Waals surface area contributed by atoms with Gasteiger partial charge in [0.2, 0.25) is 21.2 Å². The summed E-state index contributed by atoms with van der Waals surface area (Å²) < 4.78 is 30.7. The highest BCUT2D eigenvalue weighted by molar-refractivity contribution is 7.89. The molecular formula is C22H27Cl3N4O3S. The van der Waals surface area contributed by atoms with E-state index in [-0.39, 0.29) is 32.6 Å². The van der Waals surface area contributed by atoms with Crippen LogP contribution < -0.4 is 4.72 Å². The third-order valence-corrected chi connectivity index (χ3v) is 9.45. The molecule has 1 unspecified atom stereocenters. The Morgan fingerprint density at radius 3 is 2.48 bits per heavy atom. The molecule has 3 atom stereocenters. The van der Waals surface area contributed by atoms with Gasteiger partial charge in [0.25, 0.3) is 0 Å². The number of carbonyl (C=O) groups is 1. The predicted molar refractivity (Wildman–Crippen MR) is 129 cm³/mol. The maximum Gasteiger partial charge on any atom is 0.244 e. The Morgan fingerprint density at radius 2 is 1.82 bits per heavy atom. The summed E-state index contributed by atoms with van der Waals surface area (Å²) in [7, 11) is -4.15. The molecule has 1 aliphatic carbocycles. The second-order valence-electron chi connectivity index (χ2n) is 8.78. The number of likely N-dealkylation sites (tertiary alicyclic amines) is 1. The quantitative estimate of drug-likeness (QED) is 0.563. The first-order valence-electron chi connectivity index (χ1n) is 11.2. The van der Waals surface area contributed by atoms with Crippen LogP contribution in [-0.4, -0.2) is 47.9 Å². The number of rotatable bonds is 7. The highest BCUT2D eigenvalue weighted by atomic mass is 35.5. The first-order valence-corrected chi connectivity index (χ1v) is 13.8. The van der Waals surface area contributed by atoms with Crippen LogP contribution in [-0.2, 0) is 21.4 Å². The third-order valence-electron chi connectivity index (χ3n) is 6.71. The molecule has 2 aliphatic rings. The summed E-state index contributed by atoms with van der Waals surface area (Å²) in [4.78, 5) is 19.1. The number of amides is 1. The molecular weight excluding hydrogens is 507 g/mol. The number of nitrogens with one attached hydrogen (secondary N) is 1. The van der Waals surface area contributed by atoms with E-state index in [1.54, 1.807) is 23.0 Å². The van der Waals surface area contributed by atoms with E-state index in [4.69, 9.17) is 34.8 Å². The summed E-state index contributed by atoms with van der Waals surface area (Å²) in [5.74, 6) is 0.904. The molecule has 4 rings (SSSR count). The second kappa shape index (κ2) is 10.5. The fourth-order valence-corrected chi connectivity index (χ4v) is 7.55. The largest absolute Gasteiger partial charge is 0.341 e. The van der Waals surface area contributed by atoms with Gasteiger partial charge in [0.15, 0.2) is 0 Å². The zero-order valence-corrected chi connectivity index (χ0v) is 21.2. The average Bonchev–Trinajstić information content (AvgIpc) is 3.20. The van der Waals surface area contributed by atoms with Crippen molar-refractivity contribution in [1.29, 1.82) is 0 Å². The van der Waals surface area contributed by atoms with Crippen LogP contribution in [0.1, 0.15) is 38.5 Å². The second-order valence-corrected chi connectivity index (χ2v) is 11.6. The van der Waals surface area contributed by atoms with Gasteiger partial charge in [0.1, 0.15) is 10.9 Å². The fourth-order valence-electron chi connectivity index (χ4n) is 4.99. The van der Waals surface area contributed by atoms with Crippen molar-refractivity contribution >= 4 is 50.7 Å². The number of hydrogen-bond acceptors (Lipinski definition) is 4. The maximum atomic E-state index is 13.6. The molecule has 11 heteroatoms. The molecule has 1 aliphatic heterocycles. The van der Waals surface area contributed by atoms with Gasteiger partial charge in [0.05, 0.1) is 10.0 Å². The Hall–Kier alpha value is -1.32. The Kier molecular flexibility index (Phi) is 7.91. The van der Waals surface area contributed by atoms with Crippen molar-refractivity contribution in [3.63, 3.8) is 0 Å². The molecule has 2 heterocycles. The lowest BCUT2D eigenvalue weighted by atomic mass is 9.75. The number of piperidine rings is 1. The van der Waals surface area contributed by atoms with Gasteiger partial charge >= 0.3 is 0 Å². The highest BCUT2D eigenvalue weighted by Gasteiger charge is 2.37. The minimum atomic E-state index is -4.15. The van der Waals surface area contributed by atoms with Crippen LogP contribution in [0.5, 0.6) is 0 Å². The Morgan fingerprint density at radius 1 is 1.12 bits per heavy atom. The van der Waals surface area contributed by atoms with Crippen molar-refractivity contribution in [1.82, 2.24) is 19.2 Å². The van der Waals surface area contributed by atoms with E-state index in [0.717, 1.165) is 12.8 Å². The minimum Gasteiger partial charge on any atom is -0.341 e. The summed E-state index contributed by atoms with van der Waals surface area (Å²) in [5, 5.41) is 0.282. The molecule has 1 saturated carbocycles. The third kappa shape index (κ3) is 5.68. The molecule has 1 amide bonds. The number of aromatic nitrogens is 2. The van der Waals surface area contributed by atoms with E-state index in [2.05, 4.69) is 9.71 Å². The van der Waals surface area contributed by atoms with E-state index < -0.39 is 16.1 Å². The first-order chi connectivity index (χ1) is 15.8. The predicted octanol–water partition coefficient (Wildman–Crippen LogP) is 4.62. The van der Waals surface area contributed by atoms with Crippen LogP contribution in [0.3, 0.4) is 0 Å². The molecule has 1 saturated heterocycles. The molecule has 1 aromatic heterocycles. The van der Waals surface area contributed by atoms with Crippen LogP contribution in [0, 0.1) is 11.8 Å². The van der Waals surface area contributed by atoms with E-state index >= 15 is 0 Å². The average molecular weight is 534 g/mol. The van der Waals surface area contributed by atoms with Crippen LogP contribution in [0.4, 0.5) is 0 Å². The molecule has 0 radical (unpaired) electrons. The minimum absolute atomic E-state index is 0.00173. The van der Waals surface area contributed by atoms with Gasteiger partial charge in [-0.15, -0.1) is 0 Å². The summed E-state index contributed by atoms with van der Waals surface area (Å²) in [5.41, 5.74) is 0. The van der Waals surface area contributed by atoms with E-state index in [1.807, 2.05) is 4.90 Å². The number of hydrogen-bond donors (Lipinski definition) is 1. The molecule has 33 heavy (non-hydrogen) atoms. The topological polar surface area (TPSA) is 84.3 Å². The molecule has 0 spiro atoms. The Bertz CT molecular complexity index is 1090. The molecule has 180 valence electrons. The van der Waals surface area contributed by atoms with Crippen LogP contribution in [0.25, 0.3) is 0 Å². The highest BCUT2D eigenvalue weighted by Crippen LogP contribution is 2.36. The lowest BCUT2D eigenvalue weighted by Crippen LogP contribution is -2.53. The van der Waals surface area contributed by atoms with Crippen LogP contribution in [0.15, 0.2) is 35.5 Å². The van der Waals surface area contributed by atoms with Crippen molar-refractivity contribution in [2.45, 2.75) is 56.0 Å². The number of sulfonamides is 1. The molecule has 2 fully saturated rings. The number of imidazole rings is 1. The van der Waals surface area contributed by atoms with Crippen molar-refractivity contribution in [3.8, 4) is 0 Å². The van der Waals surface area contributed by atoms with E-state index in [0.29, 0.717) is 31.5 Å². The number of aryl methyl sites for hydroxylation is 1. The number of nitrogens with zero attached hydrogens (tertiary/aromatic N) is 3. The van der Waals surface area contributed by atoms with Gasteiger partial charge in [-0.05, 0) is 54.8 Å². The summed E-state index contributed by atoms with van der Waals surface area (Å²) in [6, 6.07) is 3.50. The number of fused-ring (bicyclic) bond motifs is 1. The lowest BCUT2D eigenvalue weighted by molar-refractivity contribution is -0.136. The summed E-state index contributed by atoms with van der Waals surface area (Å²) >= 11 is 18.4. The molecule has 1 aromatic carbocycles. The summed E-state index contributed by atoms with van der Waals surface area (Å²) in [6.45, 7) is 1.63. The van der Waals surface area contributed by atoms with Gasteiger partial charge in [-0.1, -0.05) is 48.5 Å². The van der Waals surface area contributed by atoms with Gasteiger partial charge in [-0.2, -0.15) is 4.72 Å². The SMILES string of the molecule is O=C(C(CCn1ccnc1Cl)NS(=O)(=O)c1c(Cl)cccc1Cl)N1CC[C@H]2CCCC[C@H]2C1. The molecule has 1 N–H and O–H groups in total. The first kappa shape index (κ1) is 24.8. The summed E-state index contributed by atoms with van der Waals surface area (Å²) in [6.07, 6.45) is 9.18. The van der Waals surface area contributed by atoms with Crippen LogP contribution >= 0.6 is 34.8 Å². The number of benzene rings is 1. The number of carbonyl (C=O) groups excluding carboxylic acids is 1. The Balaban J connectivity index is 1.56. The van der Waals surface area contributed by atoms with Crippen molar-refractivity contribution in [2.24, 2.45) is 11.8 Å². The maximum absolute atomic E-state index is 13.6. The zero-order valence-electron chi connectivity index (χ0n) is 18.1. The fraction of sp³-hybridized carbons (Fsp3) is 0.545. The molecule has 2 aromatic rings. The number of halogens is 3. The van der Waals surface area contributed by atoms with Gasteiger partial charge in [-0.3, -0.25) is 4.79 Å². The standard InChI is InChI=1S/C22H27Cl3N4O3S/c23-17-6-3-7-18(24)20(17)33(31,32)27-19(9-12-28-13-10-26-22(28)25)21(30)29-11-8-15-4-1-2-5-16(15)14-29/h3,6-7,10,13,15-16,19,27H,1-2,4-5,8-9,11-12,14H2/t15-,16+,19?/m1/s1. The zero-order chi connectivity index (χ0) is 23.6. The van der Waals surface area contributed by atoms with Crippen LogP contribution in [0.2, 0.25) is 15.3 Å². The van der Waals surface area contributed by atoms with Crippen molar-refractivity contribution in [3.05, 3.63) is 45.9 Å². The van der Waals surface area contributed by atoms with E-state index in [9.17, 15) is 13.2 Å². The molecule has 0 bridgehead atoms.